The van der Waals surface area contributed by atoms with Gasteiger partial charge >= 0.3 is 6.98 Å². The fraction of sp³-hybridized carbons (Fsp3) is 0. The molecule has 0 bridgehead atoms. The Bertz CT molecular complexity index is 331. The fourth-order valence-electron chi connectivity index (χ4n) is 0.794. The average Bonchev–Trinajstić information content (AvgIpc) is 1.98. The lowest BCUT2D eigenvalue weighted by atomic mass is 9.79. The van der Waals surface area contributed by atoms with E-state index in [-0.39, 0.29) is 12.1 Å². The van der Waals surface area contributed by atoms with Gasteiger partial charge < -0.3 is 12.9 Å². The Labute approximate surface area is 69.2 Å². The van der Waals surface area contributed by atoms with Crippen LogP contribution in [-0.4, -0.2) is 6.98 Å². The van der Waals surface area contributed by atoms with Crippen molar-refractivity contribution in [3.8, 4) is 0 Å². The molecule has 0 N–H and O–H groups in total. The van der Waals surface area contributed by atoms with Crippen molar-refractivity contribution in [2.75, 3.05) is 0 Å². The van der Waals surface area contributed by atoms with Gasteiger partial charge in [0, 0.05) is 0 Å². The van der Waals surface area contributed by atoms with Crippen LogP contribution in [0.1, 0.15) is 0 Å². The van der Waals surface area contributed by atoms with Gasteiger partial charge in [-0.05, 0) is 6.07 Å². The molecule has 0 spiro atoms. The van der Waals surface area contributed by atoms with Gasteiger partial charge in [0.05, 0.1) is 0 Å². The molecule has 7 heteroatoms. The summed E-state index contributed by atoms with van der Waals surface area (Å²) in [5.41, 5.74) is -1.75. The molecular weight excluding hydrogens is 197 g/mol. The van der Waals surface area contributed by atoms with Gasteiger partial charge in [0.1, 0.15) is 5.82 Å². The van der Waals surface area contributed by atoms with Gasteiger partial charge in [0.2, 0.25) is 0 Å². The van der Waals surface area contributed by atoms with Crippen molar-refractivity contribution in [1.82, 2.24) is 0 Å². The Hall–Kier alpha value is -1.14. The summed E-state index contributed by atoms with van der Waals surface area (Å²) in [6, 6.07) is 0.413. The van der Waals surface area contributed by atoms with E-state index < -0.39 is 29.9 Å². The summed E-state index contributed by atoms with van der Waals surface area (Å²) in [7, 11) is 0. The third-order valence-corrected chi connectivity index (χ3v) is 1.42. The molecule has 1 aromatic carbocycles. The second-order valence-electron chi connectivity index (χ2n) is 2.34. The lowest BCUT2D eigenvalue weighted by Gasteiger charge is -2.15. The van der Waals surface area contributed by atoms with Crippen molar-refractivity contribution in [3.63, 3.8) is 0 Å². The zero-order valence-corrected chi connectivity index (χ0v) is 6.00. The molecule has 0 fully saturated rings. The largest absolute Gasteiger partial charge is 0.512 e. The second kappa shape index (κ2) is 2.97. The van der Waals surface area contributed by atoms with E-state index in [1.165, 1.54) is 0 Å². The van der Waals surface area contributed by atoms with E-state index in [0.717, 1.165) is 0 Å². The summed E-state index contributed by atoms with van der Waals surface area (Å²) in [5, 5.41) is 0. The van der Waals surface area contributed by atoms with E-state index in [2.05, 4.69) is 0 Å². The highest BCUT2D eigenvalue weighted by atomic mass is 19.4. The third kappa shape index (κ3) is 1.79. The summed E-state index contributed by atoms with van der Waals surface area (Å²) in [4.78, 5) is 0. The summed E-state index contributed by atoms with van der Waals surface area (Å²) in [5.74, 6) is -5.93. The summed E-state index contributed by atoms with van der Waals surface area (Å²) >= 11 is 0. The zero-order chi connectivity index (χ0) is 10.2. The molecule has 1 rings (SSSR count). The molecule has 0 unspecified atom stereocenters. The van der Waals surface area contributed by atoms with Crippen molar-refractivity contribution < 1.29 is 26.1 Å². The monoisotopic (exact) mass is 199 g/mol. The van der Waals surface area contributed by atoms with Crippen molar-refractivity contribution in [1.29, 1.82) is 0 Å². The van der Waals surface area contributed by atoms with E-state index >= 15 is 0 Å². The average molecular weight is 199 g/mol. The van der Waals surface area contributed by atoms with E-state index in [0.29, 0.717) is 0 Å². The first-order valence-electron chi connectivity index (χ1n) is 3.17. The third-order valence-electron chi connectivity index (χ3n) is 1.42. The van der Waals surface area contributed by atoms with E-state index in [9.17, 15) is 26.1 Å². The van der Waals surface area contributed by atoms with Crippen LogP contribution in [0.2, 0.25) is 0 Å². The van der Waals surface area contributed by atoms with Crippen LogP contribution in [-0.2, 0) is 0 Å². The Kier molecular flexibility index (Phi) is 2.27. The van der Waals surface area contributed by atoms with Crippen LogP contribution in [0, 0.1) is 17.5 Å². The topological polar surface area (TPSA) is 0 Å². The SMILES string of the molecule is Fc1ccc([B-](F)(F)F)c(F)c1F. The maximum absolute atomic E-state index is 12.4. The van der Waals surface area contributed by atoms with E-state index in [4.69, 9.17) is 0 Å². The lowest BCUT2D eigenvalue weighted by molar-refractivity contribution is 0.441. The van der Waals surface area contributed by atoms with Crippen LogP contribution in [0.25, 0.3) is 0 Å². The molecule has 13 heavy (non-hydrogen) atoms. The maximum atomic E-state index is 12.4. The molecule has 0 radical (unpaired) electrons. The van der Waals surface area contributed by atoms with Crippen LogP contribution < -0.4 is 5.46 Å². The van der Waals surface area contributed by atoms with Crippen molar-refractivity contribution in [2.45, 2.75) is 0 Å². The molecule has 0 aliphatic heterocycles. The number of halogens is 6. The smallest absolute Gasteiger partial charge is 0.445 e. The number of rotatable bonds is 1. The molecule has 0 heterocycles. The Morgan fingerprint density at radius 3 is 1.85 bits per heavy atom. The second-order valence-corrected chi connectivity index (χ2v) is 2.34. The molecular formula is C6H2BF6-. The van der Waals surface area contributed by atoms with Gasteiger partial charge in [-0.2, -0.15) is 0 Å². The minimum absolute atomic E-state index is 0.174. The Morgan fingerprint density at radius 2 is 1.38 bits per heavy atom. The van der Waals surface area contributed by atoms with Gasteiger partial charge in [-0.25, -0.2) is 13.2 Å². The molecule has 1 aromatic rings. The molecule has 0 aliphatic rings. The standard InChI is InChI=1S/C6H2BF6/c8-4-2-1-3(7(11,12)13)5(9)6(4)10/h1-2H/q-1. The van der Waals surface area contributed by atoms with E-state index in [1.807, 2.05) is 0 Å². The van der Waals surface area contributed by atoms with Crippen molar-refractivity contribution in [2.24, 2.45) is 0 Å². The predicted molar refractivity (Wildman–Crippen MR) is 35.0 cm³/mol. The molecule has 0 atom stereocenters. The van der Waals surface area contributed by atoms with Gasteiger partial charge in [-0.15, -0.1) is 0 Å². The van der Waals surface area contributed by atoms with Gasteiger partial charge in [0.25, 0.3) is 0 Å². The molecule has 0 aliphatic carbocycles. The summed E-state index contributed by atoms with van der Waals surface area (Å²) in [6.45, 7) is -5.64. The minimum atomic E-state index is -5.64. The minimum Gasteiger partial charge on any atom is -0.445 e. The molecule has 72 valence electrons. The van der Waals surface area contributed by atoms with Crippen LogP contribution in [0.4, 0.5) is 26.1 Å². The first-order chi connectivity index (χ1) is 5.84. The molecule has 0 saturated heterocycles. The van der Waals surface area contributed by atoms with Crippen LogP contribution in [0.15, 0.2) is 12.1 Å². The normalized spacial score (nSPS) is 11.8. The van der Waals surface area contributed by atoms with Crippen LogP contribution in [0.3, 0.4) is 0 Å². The summed E-state index contributed by atoms with van der Waals surface area (Å²) in [6.07, 6.45) is 0. The highest BCUT2D eigenvalue weighted by Gasteiger charge is 2.31. The molecule has 0 saturated carbocycles. The Balaban J connectivity index is 3.35. The Morgan fingerprint density at radius 1 is 0.846 bits per heavy atom. The van der Waals surface area contributed by atoms with Gasteiger partial charge in [0.15, 0.2) is 11.6 Å². The van der Waals surface area contributed by atoms with Gasteiger partial charge in [-0.3, -0.25) is 0 Å². The van der Waals surface area contributed by atoms with Crippen LogP contribution >= 0.6 is 0 Å². The first kappa shape index (κ1) is 9.95. The quantitative estimate of drug-likeness (QED) is 0.369. The van der Waals surface area contributed by atoms with Crippen molar-refractivity contribution >= 4 is 12.4 Å². The maximum Gasteiger partial charge on any atom is 0.512 e. The summed E-state index contributed by atoms with van der Waals surface area (Å²) < 4.78 is 72.6. The predicted octanol–water partition coefficient (Wildman–Crippen LogP) is 2.16. The first-order valence-corrected chi connectivity index (χ1v) is 3.17. The molecule has 0 amide bonds. The number of hydrogen-bond acceptors (Lipinski definition) is 0. The van der Waals surface area contributed by atoms with E-state index in [1.54, 1.807) is 0 Å². The zero-order valence-electron chi connectivity index (χ0n) is 6.00. The lowest BCUT2D eigenvalue weighted by Crippen LogP contribution is -2.37. The highest BCUT2D eigenvalue weighted by Crippen LogP contribution is 2.15. The molecule has 0 aromatic heterocycles. The highest BCUT2D eigenvalue weighted by molar-refractivity contribution is 6.73. The number of benzene rings is 1. The van der Waals surface area contributed by atoms with Gasteiger partial charge in [-0.1, -0.05) is 11.5 Å². The fourth-order valence-corrected chi connectivity index (χ4v) is 0.794. The number of hydrogen-bond donors (Lipinski definition) is 0. The molecule has 0 nitrogen and oxygen atoms in total. The van der Waals surface area contributed by atoms with Crippen molar-refractivity contribution in [3.05, 3.63) is 29.6 Å². The van der Waals surface area contributed by atoms with Crippen LogP contribution in [0.5, 0.6) is 0 Å².